The van der Waals surface area contributed by atoms with Crippen LogP contribution < -0.4 is 20.9 Å². The molecule has 0 spiro atoms. The summed E-state index contributed by atoms with van der Waals surface area (Å²) < 4.78 is 43.4. The summed E-state index contributed by atoms with van der Waals surface area (Å²) >= 11 is 0. The van der Waals surface area contributed by atoms with E-state index in [0.29, 0.717) is 11.0 Å². The Kier molecular flexibility index (Phi) is 8.36. The molecule has 0 saturated carbocycles. The number of primary amides is 2. The smallest absolute Gasteiger partial charge is 0.336 e. The molecule has 6 N–H and O–H groups in total. The first-order valence-corrected chi connectivity index (χ1v) is 14.7. The molecule has 0 unspecified atom stereocenters. The number of methoxy groups -OCH3 is 2. The summed E-state index contributed by atoms with van der Waals surface area (Å²) in [6, 6.07) is 12.0. The van der Waals surface area contributed by atoms with Crippen LogP contribution in [-0.2, 0) is 13.1 Å². The molecule has 16 heteroatoms. The van der Waals surface area contributed by atoms with Crippen LogP contribution in [0, 0.1) is 11.6 Å². The van der Waals surface area contributed by atoms with Crippen molar-refractivity contribution in [2.75, 3.05) is 14.2 Å². The summed E-state index contributed by atoms with van der Waals surface area (Å²) in [6.07, 6.45) is 0. The van der Waals surface area contributed by atoms with Crippen molar-refractivity contribution in [3.8, 4) is 34.3 Å². The number of halogens is 2. The molecular weight excluding hydrogens is 658 g/mol. The zero-order chi connectivity index (χ0) is 36.0. The van der Waals surface area contributed by atoms with E-state index in [0.717, 1.165) is 36.4 Å². The number of ether oxygens (including phenoxy) is 2. The first-order valence-electron chi connectivity index (χ1n) is 14.7. The fourth-order valence-electron chi connectivity index (χ4n) is 5.98. The average Bonchev–Trinajstić information content (AvgIpc) is 3.64. The largest absolute Gasteiger partial charge is 0.494 e. The fourth-order valence-corrected chi connectivity index (χ4v) is 5.98. The molecule has 4 aromatic carbocycles. The predicted octanol–water partition coefficient (Wildman–Crippen LogP) is 4.31. The van der Waals surface area contributed by atoms with E-state index in [1.807, 2.05) is 0 Å². The number of nitrogens with two attached hydrogens (primary N) is 2. The van der Waals surface area contributed by atoms with Crippen molar-refractivity contribution < 1.29 is 47.6 Å². The summed E-state index contributed by atoms with van der Waals surface area (Å²) in [5.74, 6) is -5.92. The van der Waals surface area contributed by atoms with Gasteiger partial charge in [-0.1, -0.05) is 0 Å². The van der Waals surface area contributed by atoms with E-state index in [2.05, 4.69) is 9.97 Å². The Labute approximate surface area is 280 Å². The molecule has 0 radical (unpaired) electrons. The van der Waals surface area contributed by atoms with Gasteiger partial charge < -0.3 is 40.3 Å². The van der Waals surface area contributed by atoms with Gasteiger partial charge in [-0.3, -0.25) is 9.59 Å². The van der Waals surface area contributed by atoms with Gasteiger partial charge in [0.1, 0.15) is 34.3 Å². The molecule has 50 heavy (non-hydrogen) atoms. The average molecular weight is 685 g/mol. The normalized spacial score (nSPS) is 11.2. The Morgan fingerprint density at radius 2 is 1.00 bits per heavy atom. The van der Waals surface area contributed by atoms with Gasteiger partial charge in [0, 0.05) is 24.2 Å². The highest BCUT2D eigenvalue weighted by Crippen LogP contribution is 2.37. The van der Waals surface area contributed by atoms with Crippen LogP contribution in [0.4, 0.5) is 8.78 Å². The molecule has 0 aliphatic heterocycles. The quantitative estimate of drug-likeness (QED) is 0.152. The molecule has 254 valence electrons. The summed E-state index contributed by atoms with van der Waals surface area (Å²) in [7, 11) is 2.59. The monoisotopic (exact) mass is 684 g/mol. The molecule has 6 aromatic rings. The van der Waals surface area contributed by atoms with Crippen LogP contribution in [0.3, 0.4) is 0 Å². The predicted molar refractivity (Wildman–Crippen MR) is 174 cm³/mol. The third-order valence-electron chi connectivity index (χ3n) is 8.14. The number of carboxylic acid groups (broad SMARTS) is 2. The van der Waals surface area contributed by atoms with Gasteiger partial charge in [0.25, 0.3) is 11.8 Å². The van der Waals surface area contributed by atoms with Gasteiger partial charge >= 0.3 is 11.9 Å². The summed E-state index contributed by atoms with van der Waals surface area (Å²) in [4.78, 5) is 58.2. The number of carboxylic acids is 2. The lowest BCUT2D eigenvalue weighted by Gasteiger charge is -2.15. The highest BCUT2D eigenvalue weighted by atomic mass is 19.1. The van der Waals surface area contributed by atoms with Gasteiger partial charge in [0.2, 0.25) is 0 Å². The first kappa shape index (κ1) is 33.1. The molecule has 2 amide bonds. The molecular formula is C34H26F2N6O8. The van der Waals surface area contributed by atoms with Gasteiger partial charge in [0.05, 0.1) is 47.5 Å². The zero-order valence-corrected chi connectivity index (χ0v) is 26.2. The number of hydrogen-bond acceptors (Lipinski definition) is 8. The van der Waals surface area contributed by atoms with E-state index in [9.17, 15) is 38.2 Å². The van der Waals surface area contributed by atoms with Crippen LogP contribution >= 0.6 is 0 Å². The number of fused-ring (bicyclic) bond motifs is 2. The number of imidazole rings is 2. The van der Waals surface area contributed by atoms with Crippen LogP contribution in [0.25, 0.3) is 44.8 Å². The standard InChI is InChI=1S/C34H26F2N6O8/c1-49-27-19(29(37)43)7-9-23-25(27)39-31(21-13-15(35)3-5-17(21)33(45)46)41(23)11-12-42-24-10-8-20(30(38)44)28(50-2)26(24)40-32(42)22-14-16(36)4-6-18(22)34(47)48/h3-10,13-14H,11-12H2,1-2H3,(H2,37,43)(H2,38,44)(H,45,46)(H,47,48). The number of benzene rings is 4. The van der Waals surface area contributed by atoms with Crippen molar-refractivity contribution in [1.82, 2.24) is 19.1 Å². The molecule has 2 aromatic heterocycles. The highest BCUT2D eigenvalue weighted by molar-refractivity contribution is 6.04. The van der Waals surface area contributed by atoms with Crippen molar-refractivity contribution in [1.29, 1.82) is 0 Å². The van der Waals surface area contributed by atoms with Crippen LogP contribution in [0.15, 0.2) is 60.7 Å². The number of aryl methyl sites for hydroxylation is 2. The fraction of sp³-hybridized carbons (Fsp3) is 0.118. The van der Waals surface area contributed by atoms with Crippen LogP contribution in [0.5, 0.6) is 11.5 Å². The second-order valence-corrected chi connectivity index (χ2v) is 10.9. The van der Waals surface area contributed by atoms with Gasteiger partial charge in [-0.05, 0) is 60.7 Å². The molecule has 0 bridgehead atoms. The highest BCUT2D eigenvalue weighted by Gasteiger charge is 2.27. The van der Waals surface area contributed by atoms with Gasteiger partial charge in [-0.15, -0.1) is 0 Å². The number of carbonyl (C=O) groups excluding carboxylic acids is 2. The number of nitrogens with zero attached hydrogens (tertiary/aromatic N) is 4. The van der Waals surface area contributed by atoms with Crippen molar-refractivity contribution >= 4 is 45.8 Å². The van der Waals surface area contributed by atoms with E-state index in [1.165, 1.54) is 38.5 Å². The maximum Gasteiger partial charge on any atom is 0.336 e. The van der Waals surface area contributed by atoms with E-state index in [4.69, 9.17) is 20.9 Å². The molecule has 0 atom stereocenters. The summed E-state index contributed by atoms with van der Waals surface area (Å²) in [6.45, 7) is -0.146. The number of rotatable bonds is 11. The van der Waals surface area contributed by atoms with Crippen molar-refractivity contribution in [3.05, 3.63) is 94.6 Å². The van der Waals surface area contributed by atoms with Crippen LogP contribution in [0.1, 0.15) is 41.4 Å². The third-order valence-corrected chi connectivity index (χ3v) is 8.14. The van der Waals surface area contributed by atoms with E-state index in [-0.39, 0.29) is 80.7 Å². The first-order chi connectivity index (χ1) is 23.9. The Bertz CT molecular complexity index is 2250. The number of aromatic carboxylic acids is 2. The second kappa shape index (κ2) is 12.6. The van der Waals surface area contributed by atoms with Gasteiger partial charge in [-0.25, -0.2) is 28.3 Å². The number of hydrogen-bond donors (Lipinski definition) is 4. The zero-order valence-electron chi connectivity index (χ0n) is 26.2. The Balaban J connectivity index is 1.64. The Hall–Kier alpha value is -6.84. The number of carbonyl (C=O) groups is 4. The molecule has 0 aliphatic rings. The summed E-state index contributed by atoms with van der Waals surface area (Å²) in [5, 5.41) is 20.0. The van der Waals surface area contributed by atoms with E-state index < -0.39 is 35.4 Å². The lowest BCUT2D eigenvalue weighted by Crippen LogP contribution is -2.14. The maximum atomic E-state index is 14.7. The number of aromatic nitrogens is 4. The topological polar surface area (TPSA) is 215 Å². The maximum absolute atomic E-state index is 14.7. The lowest BCUT2D eigenvalue weighted by molar-refractivity contribution is 0.0686. The third kappa shape index (κ3) is 5.47. The van der Waals surface area contributed by atoms with Gasteiger partial charge in [0.15, 0.2) is 11.5 Å². The van der Waals surface area contributed by atoms with Crippen LogP contribution in [0.2, 0.25) is 0 Å². The minimum atomic E-state index is -1.36. The van der Waals surface area contributed by atoms with Crippen molar-refractivity contribution in [3.63, 3.8) is 0 Å². The Morgan fingerprint density at radius 3 is 1.32 bits per heavy atom. The van der Waals surface area contributed by atoms with E-state index in [1.54, 1.807) is 9.13 Å². The van der Waals surface area contributed by atoms with Gasteiger partial charge in [-0.2, -0.15) is 0 Å². The molecule has 6 rings (SSSR count). The molecule has 0 saturated heterocycles. The molecule has 2 heterocycles. The molecule has 0 fully saturated rings. The minimum Gasteiger partial charge on any atom is -0.494 e. The van der Waals surface area contributed by atoms with Crippen LogP contribution in [-0.4, -0.2) is 67.3 Å². The number of amides is 2. The second-order valence-electron chi connectivity index (χ2n) is 10.9. The van der Waals surface area contributed by atoms with Crippen molar-refractivity contribution in [2.24, 2.45) is 11.5 Å². The molecule has 0 aliphatic carbocycles. The Morgan fingerprint density at radius 1 is 0.640 bits per heavy atom. The summed E-state index contributed by atoms with van der Waals surface area (Å²) in [5.41, 5.74) is 11.2. The van der Waals surface area contributed by atoms with Crippen molar-refractivity contribution in [2.45, 2.75) is 13.1 Å². The van der Waals surface area contributed by atoms with E-state index >= 15 is 0 Å². The molecule has 14 nitrogen and oxygen atoms in total. The lowest BCUT2D eigenvalue weighted by atomic mass is 10.1. The SMILES string of the molecule is COc1c(C(N)=O)ccc2c1nc(-c1cc(F)ccc1C(=O)O)n2CCn1c(-c2cc(F)ccc2C(=O)O)nc2c(OC)c(C(N)=O)ccc21. The minimum absolute atomic E-state index is 0.00775.